The van der Waals surface area contributed by atoms with Crippen LogP contribution in [0.4, 0.5) is 0 Å². The zero-order valence-electron chi connectivity index (χ0n) is 9.37. The largest absolute Gasteiger partial charge is 0.476 e. The Morgan fingerprint density at radius 1 is 1.36 bits per heavy atom. The van der Waals surface area contributed by atoms with E-state index in [4.69, 9.17) is 4.74 Å². The summed E-state index contributed by atoms with van der Waals surface area (Å²) in [4.78, 5) is 0. The van der Waals surface area contributed by atoms with Crippen LogP contribution >= 0.6 is 0 Å². The molecule has 0 spiro atoms. The monoisotopic (exact) mass is 194 g/mol. The summed E-state index contributed by atoms with van der Waals surface area (Å²) >= 11 is 0. The first-order valence-electron chi connectivity index (χ1n) is 4.90. The fourth-order valence-electron chi connectivity index (χ4n) is 0.978. The molecule has 0 aliphatic carbocycles. The highest BCUT2D eigenvalue weighted by Gasteiger charge is 2.10. The van der Waals surface area contributed by atoms with Gasteiger partial charge in [0.05, 0.1) is 12.8 Å². The van der Waals surface area contributed by atoms with E-state index >= 15 is 0 Å². The van der Waals surface area contributed by atoms with Crippen molar-refractivity contribution in [1.29, 1.82) is 0 Å². The van der Waals surface area contributed by atoms with Crippen molar-refractivity contribution in [2.24, 2.45) is 5.41 Å². The molecule has 0 bridgehead atoms. The predicted octanol–water partition coefficient (Wildman–Crippen LogP) is 2.60. The van der Waals surface area contributed by atoms with Crippen LogP contribution < -0.4 is 4.74 Å². The molecule has 1 aromatic heterocycles. The fourth-order valence-corrected chi connectivity index (χ4v) is 0.978. The highest BCUT2D eigenvalue weighted by molar-refractivity contribution is 5.20. The number of rotatable bonds is 3. The second-order valence-corrected chi connectivity index (χ2v) is 4.68. The summed E-state index contributed by atoms with van der Waals surface area (Å²) in [6.07, 6.45) is 2.69. The molecule has 0 N–H and O–H groups in total. The smallest absolute Gasteiger partial charge is 0.236 e. The lowest BCUT2D eigenvalue weighted by atomic mass is 9.93. The maximum atomic E-state index is 5.54. The number of nitrogens with zero attached hydrogens (tertiary/aromatic N) is 2. The fraction of sp³-hybridized carbons (Fsp3) is 0.636. The molecule has 0 saturated carbocycles. The highest BCUT2D eigenvalue weighted by atomic mass is 16.5. The second-order valence-electron chi connectivity index (χ2n) is 4.68. The Morgan fingerprint density at radius 3 is 2.64 bits per heavy atom. The van der Waals surface area contributed by atoms with Gasteiger partial charge in [0.25, 0.3) is 0 Å². The molecule has 0 radical (unpaired) electrons. The molecule has 0 saturated heterocycles. The van der Waals surface area contributed by atoms with Gasteiger partial charge in [-0.1, -0.05) is 20.8 Å². The van der Waals surface area contributed by atoms with E-state index in [0.29, 0.717) is 17.9 Å². The summed E-state index contributed by atoms with van der Waals surface area (Å²) in [5.74, 6) is 0.650. The molecular weight excluding hydrogens is 176 g/mol. The highest BCUT2D eigenvalue weighted by Crippen LogP contribution is 2.19. The van der Waals surface area contributed by atoms with Gasteiger partial charge in [0.1, 0.15) is 0 Å². The molecular formula is C11H18N2O. The molecule has 0 unspecified atom stereocenters. The van der Waals surface area contributed by atoms with Gasteiger partial charge in [0.15, 0.2) is 0 Å². The summed E-state index contributed by atoms with van der Waals surface area (Å²) in [5.41, 5.74) is 1.34. The van der Waals surface area contributed by atoms with Gasteiger partial charge in [-0.05, 0) is 24.8 Å². The minimum Gasteiger partial charge on any atom is -0.476 e. The summed E-state index contributed by atoms with van der Waals surface area (Å²) in [6, 6.07) is 1.90. The third-order valence-corrected chi connectivity index (χ3v) is 1.97. The van der Waals surface area contributed by atoms with E-state index in [-0.39, 0.29) is 0 Å². The number of hydrogen-bond acceptors (Lipinski definition) is 3. The van der Waals surface area contributed by atoms with Crippen LogP contribution in [-0.4, -0.2) is 16.8 Å². The SMILES string of the molecule is Cc1ccnnc1OCCC(C)(C)C. The topological polar surface area (TPSA) is 35.0 Å². The minimum absolute atomic E-state index is 0.302. The van der Waals surface area contributed by atoms with Gasteiger partial charge in [-0.15, -0.1) is 5.10 Å². The van der Waals surface area contributed by atoms with E-state index in [1.807, 2.05) is 13.0 Å². The summed E-state index contributed by atoms with van der Waals surface area (Å²) in [5, 5.41) is 7.71. The standard InChI is InChI=1S/C11H18N2O/c1-9-5-7-12-13-10(9)14-8-6-11(2,3)4/h5,7H,6,8H2,1-4H3. The maximum Gasteiger partial charge on any atom is 0.236 e. The van der Waals surface area contributed by atoms with Crippen LogP contribution in [0, 0.1) is 12.3 Å². The van der Waals surface area contributed by atoms with Crippen molar-refractivity contribution in [3.05, 3.63) is 17.8 Å². The third kappa shape index (κ3) is 3.73. The lowest BCUT2D eigenvalue weighted by molar-refractivity contribution is 0.233. The second kappa shape index (κ2) is 4.40. The normalized spacial score (nSPS) is 11.4. The quantitative estimate of drug-likeness (QED) is 0.741. The van der Waals surface area contributed by atoms with E-state index in [2.05, 4.69) is 31.0 Å². The van der Waals surface area contributed by atoms with E-state index in [0.717, 1.165) is 12.0 Å². The van der Waals surface area contributed by atoms with E-state index < -0.39 is 0 Å². The van der Waals surface area contributed by atoms with Crippen LogP contribution in [-0.2, 0) is 0 Å². The first-order valence-corrected chi connectivity index (χ1v) is 4.90. The van der Waals surface area contributed by atoms with Crippen LogP contribution in [0.2, 0.25) is 0 Å². The molecule has 1 aromatic rings. The van der Waals surface area contributed by atoms with Gasteiger partial charge in [0, 0.05) is 5.56 Å². The molecule has 0 fully saturated rings. The van der Waals surface area contributed by atoms with Gasteiger partial charge in [-0.3, -0.25) is 0 Å². The first kappa shape index (κ1) is 11.0. The molecule has 1 rings (SSSR count). The lowest BCUT2D eigenvalue weighted by Gasteiger charge is -2.17. The molecule has 3 nitrogen and oxygen atoms in total. The van der Waals surface area contributed by atoms with Crippen LogP contribution in [0.25, 0.3) is 0 Å². The molecule has 0 amide bonds. The molecule has 0 aromatic carbocycles. The first-order chi connectivity index (χ1) is 6.49. The van der Waals surface area contributed by atoms with Crippen molar-refractivity contribution in [1.82, 2.24) is 10.2 Å². The zero-order valence-corrected chi connectivity index (χ0v) is 9.37. The van der Waals surface area contributed by atoms with Crippen molar-refractivity contribution in [2.45, 2.75) is 34.1 Å². The maximum absolute atomic E-state index is 5.54. The Hall–Kier alpha value is -1.12. The Balaban J connectivity index is 2.43. The van der Waals surface area contributed by atoms with Crippen molar-refractivity contribution in [2.75, 3.05) is 6.61 Å². The Labute approximate surface area is 85.5 Å². The van der Waals surface area contributed by atoms with Gasteiger partial charge in [-0.2, -0.15) is 5.10 Å². The van der Waals surface area contributed by atoms with Crippen molar-refractivity contribution < 1.29 is 4.74 Å². The number of aromatic nitrogens is 2. The molecule has 3 heteroatoms. The summed E-state index contributed by atoms with van der Waals surface area (Å²) in [6.45, 7) is 9.25. The van der Waals surface area contributed by atoms with Crippen LogP contribution in [0.15, 0.2) is 12.3 Å². The average molecular weight is 194 g/mol. The molecule has 0 aliphatic rings. The molecule has 14 heavy (non-hydrogen) atoms. The number of ether oxygens (including phenoxy) is 1. The Morgan fingerprint density at radius 2 is 2.07 bits per heavy atom. The zero-order chi connectivity index (χ0) is 10.6. The van der Waals surface area contributed by atoms with E-state index in [9.17, 15) is 0 Å². The van der Waals surface area contributed by atoms with Crippen molar-refractivity contribution in [3.8, 4) is 5.88 Å². The van der Waals surface area contributed by atoms with Crippen molar-refractivity contribution >= 4 is 0 Å². The van der Waals surface area contributed by atoms with Crippen LogP contribution in [0.3, 0.4) is 0 Å². The van der Waals surface area contributed by atoms with Gasteiger partial charge < -0.3 is 4.74 Å². The average Bonchev–Trinajstić information content (AvgIpc) is 2.06. The Kier molecular flexibility index (Phi) is 3.44. The number of aryl methyl sites for hydroxylation is 1. The van der Waals surface area contributed by atoms with Gasteiger partial charge in [0.2, 0.25) is 5.88 Å². The predicted molar refractivity (Wildman–Crippen MR) is 56.3 cm³/mol. The summed E-state index contributed by atoms with van der Waals surface area (Å²) < 4.78 is 5.54. The minimum atomic E-state index is 0.302. The molecule has 78 valence electrons. The Bertz CT molecular complexity index is 292. The third-order valence-electron chi connectivity index (χ3n) is 1.97. The molecule has 0 aliphatic heterocycles. The molecule has 0 atom stereocenters. The van der Waals surface area contributed by atoms with Crippen molar-refractivity contribution in [3.63, 3.8) is 0 Å². The van der Waals surface area contributed by atoms with Crippen LogP contribution in [0.1, 0.15) is 32.8 Å². The summed E-state index contributed by atoms with van der Waals surface area (Å²) in [7, 11) is 0. The van der Waals surface area contributed by atoms with Crippen LogP contribution in [0.5, 0.6) is 5.88 Å². The van der Waals surface area contributed by atoms with E-state index in [1.54, 1.807) is 6.20 Å². The van der Waals surface area contributed by atoms with Gasteiger partial charge in [-0.25, -0.2) is 0 Å². The number of hydrogen-bond donors (Lipinski definition) is 0. The molecule has 1 heterocycles. The van der Waals surface area contributed by atoms with E-state index in [1.165, 1.54) is 0 Å². The lowest BCUT2D eigenvalue weighted by Crippen LogP contribution is -2.12. The van der Waals surface area contributed by atoms with Gasteiger partial charge >= 0.3 is 0 Å².